The van der Waals surface area contributed by atoms with Crippen LogP contribution in [0.25, 0.3) is 33.8 Å². The molecule has 0 aliphatic rings. The van der Waals surface area contributed by atoms with Crippen LogP contribution in [0.5, 0.6) is 0 Å². The average Bonchev–Trinajstić information content (AvgIpc) is 3.49. The van der Waals surface area contributed by atoms with E-state index in [1.165, 1.54) is 11.1 Å². The molecule has 3 aromatic heterocycles. The summed E-state index contributed by atoms with van der Waals surface area (Å²) in [5.41, 5.74) is 6.97. The molecule has 0 saturated carbocycles. The van der Waals surface area contributed by atoms with Gasteiger partial charge in [-0.3, -0.25) is 18.7 Å². The van der Waals surface area contributed by atoms with Gasteiger partial charge in [0.05, 0.1) is 12.7 Å². The van der Waals surface area contributed by atoms with Gasteiger partial charge in [0.25, 0.3) is 0 Å². The third-order valence-corrected chi connectivity index (χ3v) is 5.17. The van der Waals surface area contributed by atoms with E-state index in [0.717, 1.165) is 34.6 Å². The Bertz CT molecular complexity index is 1410. The molecule has 9 heteroatoms. The van der Waals surface area contributed by atoms with Gasteiger partial charge in [0, 0.05) is 43.3 Å². The molecule has 37 heavy (non-hydrogen) atoms. The molecule has 0 bridgehead atoms. The first-order valence-corrected chi connectivity index (χ1v) is 10.8. The summed E-state index contributed by atoms with van der Waals surface area (Å²) in [6.07, 6.45) is 9.19. The Morgan fingerprint density at radius 1 is 0.811 bits per heavy atom. The Labute approximate surface area is 228 Å². The fourth-order valence-corrected chi connectivity index (χ4v) is 3.56. The fraction of sp³-hybridized carbons (Fsp3) is 0.143. The zero-order chi connectivity index (χ0) is 26.2. The second kappa shape index (κ2) is 13.4. The first-order chi connectivity index (χ1) is 17.3. The summed E-state index contributed by atoms with van der Waals surface area (Å²) in [7, 11) is 3.94. The van der Waals surface area contributed by atoms with Crippen molar-refractivity contribution in [2.75, 3.05) is 0 Å². The number of hydrogen-bond donors (Lipinski definition) is 0. The minimum absolute atomic E-state index is 0. The monoisotopic (exact) mass is 674 g/mol. The minimum Gasteiger partial charge on any atom is -0.512 e. The maximum Gasteiger partial charge on any atom is 3.00 e. The Kier molecular flexibility index (Phi) is 10.6. The number of nitrogens with zero attached hydrogens (tertiary/aromatic N) is 6. The quantitative estimate of drug-likeness (QED) is 0.226. The molecule has 0 saturated heterocycles. The predicted molar refractivity (Wildman–Crippen MR) is 133 cm³/mol. The number of benzene rings is 2. The molecule has 0 amide bonds. The normalized spacial score (nSPS) is 9.84. The third-order valence-electron chi connectivity index (χ3n) is 5.17. The van der Waals surface area contributed by atoms with Gasteiger partial charge in [-0.2, -0.15) is 0 Å². The number of imidazole rings is 2. The van der Waals surface area contributed by atoms with Crippen molar-refractivity contribution in [3.63, 3.8) is 0 Å². The van der Waals surface area contributed by atoms with Gasteiger partial charge in [-0.1, -0.05) is 48.7 Å². The summed E-state index contributed by atoms with van der Waals surface area (Å²) >= 11 is 0. The van der Waals surface area contributed by atoms with Crippen LogP contribution >= 0.6 is 0 Å². The van der Waals surface area contributed by atoms with E-state index < -0.39 is 11.6 Å². The van der Waals surface area contributed by atoms with Gasteiger partial charge in [-0.05, 0) is 24.2 Å². The van der Waals surface area contributed by atoms with Crippen LogP contribution in [-0.2, 0) is 34.2 Å². The minimum atomic E-state index is -0.649. The summed E-state index contributed by atoms with van der Waals surface area (Å²) in [4.78, 5) is 12.8. The summed E-state index contributed by atoms with van der Waals surface area (Å²) in [5.74, 6) is -1.29. The molecule has 5 rings (SSSR count). The van der Waals surface area contributed by atoms with E-state index in [-0.39, 0.29) is 25.7 Å². The number of pyridine rings is 1. The van der Waals surface area contributed by atoms with Crippen molar-refractivity contribution in [2.45, 2.75) is 13.8 Å². The van der Waals surface area contributed by atoms with Crippen molar-refractivity contribution in [3.05, 3.63) is 109 Å². The van der Waals surface area contributed by atoms with E-state index in [0.29, 0.717) is 5.69 Å². The molecule has 2 aromatic carbocycles. The second-order valence-electron chi connectivity index (χ2n) is 7.99. The molecular formula is C28H23F2IrN6. The number of hydrogen-bond acceptors (Lipinski definition) is 4. The Morgan fingerprint density at radius 3 is 1.81 bits per heavy atom. The van der Waals surface area contributed by atoms with E-state index in [9.17, 15) is 8.78 Å². The molecule has 3 heterocycles. The average molecular weight is 674 g/mol. The molecule has 0 spiro atoms. The van der Waals surface area contributed by atoms with E-state index in [4.69, 9.17) is 11.8 Å². The van der Waals surface area contributed by atoms with Crippen molar-refractivity contribution >= 4 is 0 Å². The maximum atomic E-state index is 13.2. The van der Waals surface area contributed by atoms with Gasteiger partial charge in [-0.25, -0.2) is 0 Å². The smallest absolute Gasteiger partial charge is 0.512 e. The molecule has 0 fully saturated rings. The van der Waals surface area contributed by atoms with Crippen molar-refractivity contribution in [1.82, 2.24) is 24.1 Å². The van der Waals surface area contributed by atoms with Crippen LogP contribution in [0, 0.1) is 49.4 Å². The predicted octanol–water partition coefficient (Wildman–Crippen LogP) is 5.83. The molecular weight excluding hydrogens is 651 g/mol. The summed E-state index contributed by atoms with van der Waals surface area (Å²) in [5, 5.41) is 6.25. The number of rotatable bonds is 3. The fourth-order valence-electron chi connectivity index (χ4n) is 3.56. The first-order valence-electron chi connectivity index (χ1n) is 10.8. The second-order valence-corrected chi connectivity index (χ2v) is 7.99. The SMILES string of the molecule is Cc1cc(C)c(-c2cn(C)cn2)[c-]c1-c1cn(C)cn1.Fc1c[c-]c(-c2ccccn2)c(F)c1.[C-]#N.[Ir+3]. The van der Waals surface area contributed by atoms with Crippen LogP contribution in [-0.4, -0.2) is 24.1 Å². The van der Waals surface area contributed by atoms with Gasteiger partial charge in [-0.15, -0.1) is 35.4 Å². The Morgan fingerprint density at radius 2 is 1.38 bits per heavy atom. The van der Waals surface area contributed by atoms with Crippen molar-refractivity contribution in [3.8, 4) is 33.8 Å². The van der Waals surface area contributed by atoms with Gasteiger partial charge in [0.15, 0.2) is 0 Å². The van der Waals surface area contributed by atoms with E-state index in [1.54, 1.807) is 24.4 Å². The molecule has 5 aromatic rings. The molecule has 0 unspecified atom stereocenters. The number of aromatic nitrogens is 5. The summed E-state index contributed by atoms with van der Waals surface area (Å²) in [6, 6.07) is 15.2. The molecule has 0 radical (unpaired) electrons. The maximum absolute atomic E-state index is 13.2. The molecule has 0 aliphatic carbocycles. The molecule has 6 nitrogen and oxygen atoms in total. The van der Waals surface area contributed by atoms with Crippen LogP contribution in [0.3, 0.4) is 0 Å². The van der Waals surface area contributed by atoms with Gasteiger partial charge in [0.2, 0.25) is 0 Å². The third kappa shape index (κ3) is 7.26. The van der Waals surface area contributed by atoms with Crippen LogP contribution in [0.15, 0.2) is 67.6 Å². The van der Waals surface area contributed by atoms with E-state index in [2.05, 4.69) is 47.0 Å². The molecule has 188 valence electrons. The van der Waals surface area contributed by atoms with Crippen LogP contribution in [0.1, 0.15) is 11.1 Å². The molecule has 0 aliphatic heterocycles. The zero-order valence-corrected chi connectivity index (χ0v) is 23.0. The molecule has 0 N–H and O–H groups in total. The van der Waals surface area contributed by atoms with Gasteiger partial charge < -0.3 is 26.0 Å². The van der Waals surface area contributed by atoms with Gasteiger partial charge in [0.1, 0.15) is 0 Å². The van der Waals surface area contributed by atoms with E-state index >= 15 is 0 Å². The van der Waals surface area contributed by atoms with Crippen molar-refractivity contribution in [1.29, 1.82) is 5.26 Å². The van der Waals surface area contributed by atoms with Gasteiger partial charge >= 0.3 is 20.1 Å². The van der Waals surface area contributed by atoms with Crippen LogP contribution in [0.4, 0.5) is 8.78 Å². The zero-order valence-electron chi connectivity index (χ0n) is 20.6. The van der Waals surface area contributed by atoms with E-state index in [1.807, 2.05) is 48.3 Å². The standard InChI is InChI=1S/C16H17N4.C11H6F2N.CN.Ir/c1-11-5-12(2)14(16-8-20(4)10-18-16)6-13(11)15-7-19(3)9-17-15;12-8-4-5-9(10(13)7-8)11-3-1-2-6-14-11;1-2;/h5,7-10H,1-4H3;1-4,6-7H;;/q3*-1;+3. The van der Waals surface area contributed by atoms with Crippen molar-refractivity contribution < 1.29 is 28.9 Å². The van der Waals surface area contributed by atoms with Crippen molar-refractivity contribution in [2.24, 2.45) is 14.1 Å². The Hall–Kier alpha value is -3.99. The Balaban J connectivity index is 0.000000250. The number of aryl methyl sites for hydroxylation is 4. The van der Waals surface area contributed by atoms with Crippen LogP contribution in [0.2, 0.25) is 0 Å². The summed E-state index contributed by atoms with van der Waals surface area (Å²) in [6.45, 7) is 8.94. The first kappa shape index (κ1) is 29.2. The topological polar surface area (TPSA) is 72.3 Å². The van der Waals surface area contributed by atoms with Crippen LogP contribution < -0.4 is 0 Å². The summed E-state index contributed by atoms with van der Waals surface area (Å²) < 4.78 is 29.7. The largest absolute Gasteiger partial charge is 3.00 e. The number of halogens is 2. The molecule has 0 atom stereocenters.